The van der Waals surface area contributed by atoms with Crippen molar-refractivity contribution < 1.29 is 5.41 Å². The van der Waals surface area contributed by atoms with Gasteiger partial charge in [-0.1, -0.05) is 67.7 Å². The summed E-state index contributed by atoms with van der Waals surface area (Å²) in [4.78, 5) is 0. The number of rotatable bonds is 3. The summed E-state index contributed by atoms with van der Waals surface area (Å²) in [5.41, 5.74) is 2.21. The molecule has 0 amide bonds. The smallest absolute Gasteiger partial charge is 0.184 e. The molecule has 0 spiro atoms. The first-order valence-corrected chi connectivity index (χ1v) is 8.09. The molecule has 0 aliphatic carbocycles. The first-order chi connectivity index (χ1) is 8.12. The van der Waals surface area contributed by atoms with Gasteiger partial charge >= 0.3 is 0 Å². The fourth-order valence-corrected chi connectivity index (χ4v) is 5.88. The summed E-state index contributed by atoms with van der Waals surface area (Å²) in [6.07, 6.45) is 1.02. The van der Waals surface area contributed by atoms with Crippen LogP contribution in [0, 0.1) is 0 Å². The maximum Gasteiger partial charge on any atom is 0.184 e. The molecule has 0 bridgehead atoms. The van der Waals surface area contributed by atoms with Gasteiger partial charge < -0.3 is 0 Å². The van der Waals surface area contributed by atoms with Gasteiger partial charge in [-0.25, -0.2) is 0 Å². The van der Waals surface area contributed by atoms with E-state index in [-0.39, 0.29) is 7.92 Å². The molecule has 0 aromatic heterocycles. The second kappa shape index (κ2) is 5.53. The molecule has 0 saturated carbocycles. The molecule has 1 nitrogen and oxygen atoms in total. The quantitative estimate of drug-likeness (QED) is 0.640. The van der Waals surface area contributed by atoms with E-state index in [1.54, 1.807) is 0 Å². The second-order valence-electron chi connectivity index (χ2n) is 6.82. The Labute approximate surface area is 113 Å². The van der Waals surface area contributed by atoms with Crippen LogP contribution in [0.3, 0.4) is 0 Å². The predicted octanol–water partition coefficient (Wildman–Crippen LogP) is 3.31. The highest BCUT2D eigenvalue weighted by Gasteiger charge is 2.36. The summed E-state index contributed by atoms with van der Waals surface area (Å²) in [6.45, 7) is 14.0. The summed E-state index contributed by atoms with van der Waals surface area (Å²) in [6, 6.07) is 10.4. The SMILES string of the molecule is CC(C)(C)P(CC(=[NH2+])c1ccccc1)C(C)(C)C. The minimum absolute atomic E-state index is 0.168. The minimum atomic E-state index is -0.168. The van der Waals surface area contributed by atoms with Crippen molar-refractivity contribution in [1.29, 1.82) is 0 Å². The number of hydrogen-bond donors (Lipinski definition) is 1. The number of hydrogen-bond acceptors (Lipinski definition) is 0. The Morgan fingerprint density at radius 1 is 0.944 bits per heavy atom. The van der Waals surface area contributed by atoms with Crippen LogP contribution in [0.2, 0.25) is 0 Å². The average molecular weight is 264 g/mol. The van der Waals surface area contributed by atoms with Gasteiger partial charge in [0.2, 0.25) is 0 Å². The maximum atomic E-state index is 6.32. The van der Waals surface area contributed by atoms with Crippen molar-refractivity contribution in [3.8, 4) is 0 Å². The van der Waals surface area contributed by atoms with Crippen molar-refractivity contribution in [2.75, 3.05) is 6.16 Å². The standard InChI is InChI=1S/C16H26NP/c1-15(2,3)18(16(4,5)6)12-14(17)13-10-8-7-9-11-13/h7-11,17H,12H2,1-6H3/p+1. The molecule has 2 N–H and O–H groups in total. The summed E-state index contributed by atoms with van der Waals surface area (Å²) in [5, 5.41) is 6.97. The molecule has 0 aliphatic rings. The molecule has 2 heteroatoms. The van der Waals surface area contributed by atoms with Gasteiger partial charge in [-0.3, -0.25) is 5.41 Å². The van der Waals surface area contributed by atoms with Gasteiger partial charge in [0.15, 0.2) is 5.71 Å². The summed E-state index contributed by atoms with van der Waals surface area (Å²) < 4.78 is 0. The van der Waals surface area contributed by atoms with Crippen LogP contribution >= 0.6 is 7.92 Å². The molecule has 0 saturated heterocycles. The first kappa shape index (κ1) is 15.4. The van der Waals surface area contributed by atoms with E-state index in [1.165, 1.54) is 5.56 Å². The Hall–Kier alpha value is -0.680. The molecule has 0 atom stereocenters. The minimum Gasteiger partial charge on any atom is -0.257 e. The van der Waals surface area contributed by atoms with Crippen LogP contribution in [0.5, 0.6) is 0 Å². The van der Waals surface area contributed by atoms with Gasteiger partial charge in [-0.2, -0.15) is 0 Å². The van der Waals surface area contributed by atoms with Crippen molar-refractivity contribution in [3.05, 3.63) is 35.9 Å². The van der Waals surface area contributed by atoms with Crippen LogP contribution in [0.4, 0.5) is 0 Å². The van der Waals surface area contributed by atoms with E-state index in [9.17, 15) is 0 Å². The zero-order valence-electron chi connectivity index (χ0n) is 12.6. The molecule has 18 heavy (non-hydrogen) atoms. The van der Waals surface area contributed by atoms with Crippen LogP contribution in [0.1, 0.15) is 47.1 Å². The first-order valence-electron chi connectivity index (χ1n) is 6.57. The summed E-state index contributed by atoms with van der Waals surface area (Å²) in [5.74, 6) is 0. The van der Waals surface area contributed by atoms with E-state index in [0.717, 1.165) is 11.9 Å². The van der Waals surface area contributed by atoms with E-state index in [4.69, 9.17) is 5.41 Å². The van der Waals surface area contributed by atoms with Gasteiger partial charge in [0, 0.05) is 5.56 Å². The zero-order valence-corrected chi connectivity index (χ0v) is 13.5. The largest absolute Gasteiger partial charge is 0.257 e. The van der Waals surface area contributed by atoms with E-state index < -0.39 is 0 Å². The Balaban J connectivity index is 2.90. The van der Waals surface area contributed by atoms with Gasteiger partial charge in [0.1, 0.15) is 0 Å². The molecule has 1 aromatic rings. The van der Waals surface area contributed by atoms with E-state index in [1.807, 2.05) is 6.07 Å². The van der Waals surface area contributed by atoms with Crippen LogP contribution in [0.15, 0.2) is 30.3 Å². The van der Waals surface area contributed by atoms with Gasteiger partial charge in [-0.05, 0) is 22.4 Å². The number of benzene rings is 1. The Kier molecular flexibility index (Phi) is 4.72. The molecule has 0 aliphatic heterocycles. The normalized spacial score (nSPS) is 12.8. The summed E-state index contributed by atoms with van der Waals surface area (Å²) >= 11 is 0. The molecule has 1 aromatic carbocycles. The van der Waals surface area contributed by atoms with E-state index in [2.05, 4.69) is 65.8 Å². The highest BCUT2D eigenvalue weighted by molar-refractivity contribution is 7.61. The third-order valence-corrected chi connectivity index (χ3v) is 6.99. The third-order valence-electron chi connectivity index (χ3n) is 3.09. The second-order valence-corrected chi connectivity index (χ2v) is 10.7. The highest BCUT2D eigenvalue weighted by atomic mass is 31.1. The van der Waals surface area contributed by atoms with Crippen LogP contribution in [0.25, 0.3) is 0 Å². The fourth-order valence-electron chi connectivity index (χ4n) is 2.39. The third kappa shape index (κ3) is 4.21. The van der Waals surface area contributed by atoms with Crippen LogP contribution in [-0.4, -0.2) is 22.2 Å². The molecule has 0 radical (unpaired) electrons. The Bertz CT molecular complexity index is 381. The van der Waals surface area contributed by atoms with Crippen molar-refractivity contribution in [1.82, 2.24) is 0 Å². The Morgan fingerprint density at radius 3 is 1.78 bits per heavy atom. The average Bonchev–Trinajstić information content (AvgIpc) is 2.23. The van der Waals surface area contributed by atoms with Crippen molar-refractivity contribution in [2.45, 2.75) is 51.9 Å². The Morgan fingerprint density at radius 2 is 1.39 bits per heavy atom. The van der Waals surface area contributed by atoms with Crippen LogP contribution < -0.4 is 5.41 Å². The topological polar surface area (TPSA) is 25.6 Å². The molecular weight excluding hydrogens is 237 g/mol. The zero-order chi connectivity index (χ0) is 14.0. The van der Waals surface area contributed by atoms with Crippen molar-refractivity contribution in [3.63, 3.8) is 0 Å². The lowest BCUT2D eigenvalue weighted by atomic mass is 10.1. The lowest BCUT2D eigenvalue weighted by Crippen LogP contribution is -2.44. The van der Waals surface area contributed by atoms with E-state index in [0.29, 0.717) is 10.3 Å². The molecule has 1 rings (SSSR count). The number of nitrogens with two attached hydrogens (primary N) is 1. The monoisotopic (exact) mass is 264 g/mol. The van der Waals surface area contributed by atoms with Gasteiger partial charge in [0.25, 0.3) is 0 Å². The lowest BCUT2D eigenvalue weighted by molar-refractivity contribution is -0.113. The lowest BCUT2D eigenvalue weighted by Gasteiger charge is -2.40. The van der Waals surface area contributed by atoms with Crippen LogP contribution in [-0.2, 0) is 0 Å². The molecule has 0 unspecified atom stereocenters. The van der Waals surface area contributed by atoms with E-state index >= 15 is 0 Å². The predicted molar refractivity (Wildman–Crippen MR) is 83.8 cm³/mol. The molecule has 0 fully saturated rings. The van der Waals surface area contributed by atoms with Crippen molar-refractivity contribution >= 4 is 13.6 Å². The van der Waals surface area contributed by atoms with Crippen molar-refractivity contribution in [2.24, 2.45) is 0 Å². The fraction of sp³-hybridized carbons (Fsp3) is 0.562. The maximum absolute atomic E-state index is 6.32. The molecular formula is C16H27NP+. The highest BCUT2D eigenvalue weighted by Crippen LogP contribution is 2.59. The van der Waals surface area contributed by atoms with Gasteiger partial charge in [-0.15, -0.1) is 0 Å². The molecule has 100 valence electrons. The molecule has 0 heterocycles. The summed E-state index contributed by atoms with van der Waals surface area (Å²) in [7, 11) is -0.168. The van der Waals surface area contributed by atoms with Gasteiger partial charge in [0.05, 0.1) is 6.16 Å².